The predicted molar refractivity (Wildman–Crippen MR) is 124 cm³/mol. The Balaban J connectivity index is -0.00000392. The van der Waals surface area contributed by atoms with Gasteiger partial charge >= 0.3 is 0 Å². The fraction of sp³-hybridized carbons (Fsp3) is 0.957. The molecule has 1 amide bonds. The molecule has 8 heteroatoms. The van der Waals surface area contributed by atoms with Gasteiger partial charge in [0.05, 0.1) is 0 Å². The van der Waals surface area contributed by atoms with Gasteiger partial charge in [-0.3, -0.25) is 14.2 Å². The summed E-state index contributed by atoms with van der Waals surface area (Å²) in [7, 11) is 0. The van der Waals surface area contributed by atoms with Crippen molar-refractivity contribution in [3.8, 4) is 0 Å². The molecule has 0 aromatic rings. The third kappa shape index (κ3) is 25.3. The summed E-state index contributed by atoms with van der Waals surface area (Å²) < 4.78 is 0. The van der Waals surface area contributed by atoms with Gasteiger partial charge in [0, 0.05) is 13.0 Å². The van der Waals surface area contributed by atoms with Gasteiger partial charge in [0.25, 0.3) is 5.97 Å². The fourth-order valence-electron chi connectivity index (χ4n) is 3.64. The zero-order valence-electron chi connectivity index (χ0n) is 19.7. The molecule has 0 heterocycles. The molecular weight excluding hydrogens is 406 g/mol. The van der Waals surface area contributed by atoms with Crippen molar-refractivity contribution in [2.45, 2.75) is 122 Å². The van der Waals surface area contributed by atoms with Gasteiger partial charge in [0.1, 0.15) is 6.54 Å². The third-order valence-electron chi connectivity index (χ3n) is 5.38. The van der Waals surface area contributed by atoms with Crippen molar-refractivity contribution in [3.63, 3.8) is 0 Å². The van der Waals surface area contributed by atoms with E-state index in [2.05, 4.69) is 6.92 Å². The van der Waals surface area contributed by atoms with Crippen LogP contribution in [-0.4, -0.2) is 51.7 Å². The number of unbranched alkanes of at least 4 members (excludes halogenated alkanes) is 14. The van der Waals surface area contributed by atoms with Crippen molar-refractivity contribution in [1.82, 2.24) is 4.90 Å². The van der Waals surface area contributed by atoms with Gasteiger partial charge in [-0.25, -0.2) is 0 Å². The van der Waals surface area contributed by atoms with Gasteiger partial charge < -0.3 is 26.0 Å². The highest BCUT2D eigenvalue weighted by Crippen LogP contribution is 2.14. The minimum Gasteiger partial charge on any atom is -0.342 e. The second-order valence-electron chi connectivity index (χ2n) is 8.43. The fourth-order valence-corrected chi connectivity index (χ4v) is 3.64. The number of hydrogen-bond donors (Lipinski definition) is 4. The van der Waals surface area contributed by atoms with Crippen molar-refractivity contribution >= 4 is 5.91 Å². The average molecular weight is 457 g/mol. The molecule has 5 N–H and O–H groups in total. The minimum absolute atomic E-state index is 0. The Hall–Kier alpha value is -0.830. The Morgan fingerprint density at radius 2 is 1.10 bits per heavy atom. The van der Waals surface area contributed by atoms with Crippen molar-refractivity contribution in [2.24, 2.45) is 5.73 Å². The number of amides is 1. The molecule has 0 bridgehead atoms. The van der Waals surface area contributed by atoms with Gasteiger partial charge in [-0.2, -0.15) is 0 Å². The summed E-state index contributed by atoms with van der Waals surface area (Å²) in [5, 5.41) is 27.4. The molecule has 0 saturated carbocycles. The molecular formula is C23H50F2N2O4. The molecule has 6 nitrogen and oxygen atoms in total. The van der Waals surface area contributed by atoms with Crippen molar-refractivity contribution in [3.05, 3.63) is 0 Å². The highest BCUT2D eigenvalue weighted by molar-refractivity contribution is 5.76. The van der Waals surface area contributed by atoms with Crippen LogP contribution in [0.4, 0.5) is 9.41 Å². The van der Waals surface area contributed by atoms with E-state index >= 15 is 0 Å². The zero-order chi connectivity index (χ0) is 21.8. The van der Waals surface area contributed by atoms with E-state index in [-0.39, 0.29) is 15.3 Å². The molecule has 0 aliphatic heterocycles. The van der Waals surface area contributed by atoms with E-state index < -0.39 is 12.5 Å². The third-order valence-corrected chi connectivity index (χ3v) is 5.38. The summed E-state index contributed by atoms with van der Waals surface area (Å²) in [5.74, 6) is -3.01. The molecule has 0 rings (SSSR count). The molecule has 190 valence electrons. The first-order chi connectivity index (χ1) is 13.9. The maximum atomic E-state index is 12.2. The molecule has 31 heavy (non-hydrogen) atoms. The van der Waals surface area contributed by atoms with Gasteiger partial charge in [-0.05, 0) is 19.4 Å². The van der Waals surface area contributed by atoms with Crippen LogP contribution in [-0.2, 0) is 4.79 Å². The van der Waals surface area contributed by atoms with E-state index in [1.165, 1.54) is 81.9 Å². The number of rotatable bonds is 21. The first-order valence-electron chi connectivity index (χ1n) is 12.1. The maximum absolute atomic E-state index is 12.2. The lowest BCUT2D eigenvalue weighted by Gasteiger charge is -2.27. The Kier molecular flexibility index (Phi) is 26.7. The van der Waals surface area contributed by atoms with Crippen molar-refractivity contribution in [1.29, 1.82) is 0 Å². The van der Waals surface area contributed by atoms with Crippen LogP contribution < -0.4 is 5.73 Å². The van der Waals surface area contributed by atoms with Gasteiger partial charge in [0.15, 0.2) is 0 Å². The molecule has 0 atom stereocenters. The molecule has 0 aromatic heterocycles. The number of carbonyl (C=O) groups excluding carboxylic acids is 1. The number of nitrogens with zero attached hydrogens (tertiary/aromatic N) is 1. The predicted octanol–water partition coefficient (Wildman–Crippen LogP) is 4.36. The second kappa shape index (κ2) is 23.8. The monoisotopic (exact) mass is 456 g/mol. The van der Waals surface area contributed by atoms with E-state index in [1.54, 1.807) is 0 Å². The highest BCUT2D eigenvalue weighted by Gasteiger charge is 2.25. The molecule has 0 aliphatic rings. The van der Waals surface area contributed by atoms with Crippen LogP contribution in [0.1, 0.15) is 116 Å². The summed E-state index contributed by atoms with van der Waals surface area (Å²) in [5.41, 5.74) is 5.45. The molecule has 0 fully saturated rings. The molecule has 0 aliphatic carbocycles. The van der Waals surface area contributed by atoms with E-state index in [0.717, 1.165) is 19.3 Å². The number of hydrogen-bond acceptors (Lipinski definition) is 5. The summed E-state index contributed by atoms with van der Waals surface area (Å²) in [6.07, 6.45) is 20.1. The smallest absolute Gasteiger partial charge is 0.294 e. The topological polar surface area (TPSA) is 107 Å². The number of halogens is 2. The van der Waals surface area contributed by atoms with Crippen LogP contribution in [0.5, 0.6) is 0 Å². The quantitative estimate of drug-likeness (QED) is 0.152. The number of nitrogens with two attached hydrogens (primary N) is 1. The largest absolute Gasteiger partial charge is 0.342 e. The Morgan fingerprint density at radius 3 is 1.45 bits per heavy atom. The van der Waals surface area contributed by atoms with Crippen molar-refractivity contribution in [2.75, 3.05) is 19.6 Å². The Morgan fingerprint density at radius 1 is 0.710 bits per heavy atom. The normalized spacial score (nSPS) is 11.0. The van der Waals surface area contributed by atoms with Crippen LogP contribution in [0.15, 0.2) is 0 Å². The van der Waals surface area contributed by atoms with E-state index in [9.17, 15) is 4.79 Å². The van der Waals surface area contributed by atoms with Gasteiger partial charge in [-0.1, -0.05) is 96.8 Å². The summed E-state index contributed by atoms with van der Waals surface area (Å²) in [4.78, 5) is 13.5. The van der Waals surface area contributed by atoms with Crippen LogP contribution in [0.2, 0.25) is 0 Å². The molecule has 0 radical (unpaired) electrons. The molecule has 0 saturated heterocycles. The number of aliphatic hydroxyl groups is 3. The Bertz CT molecular complexity index is 383. The van der Waals surface area contributed by atoms with E-state index in [0.29, 0.717) is 25.9 Å². The average Bonchev–Trinajstić information content (AvgIpc) is 2.67. The first-order valence-corrected chi connectivity index (χ1v) is 12.1. The van der Waals surface area contributed by atoms with Crippen LogP contribution in [0, 0.1) is 0 Å². The Labute approximate surface area is 188 Å². The zero-order valence-corrected chi connectivity index (χ0v) is 19.7. The van der Waals surface area contributed by atoms with Crippen molar-refractivity contribution < 1.29 is 29.5 Å². The lowest BCUT2D eigenvalue weighted by Crippen LogP contribution is -2.46. The summed E-state index contributed by atoms with van der Waals surface area (Å²) in [6.45, 7) is 2.51. The van der Waals surface area contributed by atoms with E-state index in [4.69, 9.17) is 21.1 Å². The summed E-state index contributed by atoms with van der Waals surface area (Å²) >= 11 is 0. The minimum atomic E-state index is -2.85. The first kappa shape index (κ1) is 34.8. The van der Waals surface area contributed by atoms with Gasteiger partial charge in [-0.15, -0.1) is 0 Å². The molecule has 0 spiro atoms. The standard InChI is InChI=1S/C23H48N2O4.2FH/c1-2-3-4-5-6-7-8-9-10-11-12-13-14-15-16-18-22(26)25(20-17-19-24)21-23(27,28)29;;/h27-29H,2-21,24H2,1H3;2*1H. The highest BCUT2D eigenvalue weighted by atomic mass is 19.0. The maximum Gasteiger partial charge on any atom is 0.294 e. The lowest BCUT2D eigenvalue weighted by molar-refractivity contribution is -0.315. The van der Waals surface area contributed by atoms with Crippen LogP contribution >= 0.6 is 0 Å². The second-order valence-corrected chi connectivity index (χ2v) is 8.43. The number of carbonyl (C=O) groups is 1. The van der Waals surface area contributed by atoms with Gasteiger partial charge in [0.2, 0.25) is 5.91 Å². The molecule has 0 aromatic carbocycles. The van der Waals surface area contributed by atoms with E-state index in [1.807, 2.05) is 0 Å². The SMILES string of the molecule is CCCCCCCCCCCCCCCCCC(=O)N(CCCN)CC(O)(O)O.F.F. The summed E-state index contributed by atoms with van der Waals surface area (Å²) in [6, 6.07) is 0. The lowest BCUT2D eigenvalue weighted by atomic mass is 10.0. The van der Waals surface area contributed by atoms with Crippen LogP contribution in [0.3, 0.4) is 0 Å². The molecule has 0 unspecified atom stereocenters. The van der Waals surface area contributed by atoms with Crippen LogP contribution in [0.25, 0.3) is 0 Å².